The van der Waals surface area contributed by atoms with Gasteiger partial charge in [0.15, 0.2) is 5.82 Å². The van der Waals surface area contributed by atoms with Gasteiger partial charge < -0.3 is 24.6 Å². The van der Waals surface area contributed by atoms with Gasteiger partial charge in [0.05, 0.1) is 24.1 Å². The van der Waals surface area contributed by atoms with Crippen molar-refractivity contribution >= 4 is 39.1 Å². The fourth-order valence-corrected chi connectivity index (χ4v) is 6.15. The van der Waals surface area contributed by atoms with E-state index in [2.05, 4.69) is 25.2 Å². The van der Waals surface area contributed by atoms with Gasteiger partial charge in [-0.1, -0.05) is 41.9 Å². The number of hydrogen-bond donors (Lipinski definition) is 2. The fourth-order valence-electron chi connectivity index (χ4n) is 5.87. The minimum atomic E-state index is -0.569. The van der Waals surface area contributed by atoms with E-state index in [0.29, 0.717) is 47.7 Å². The Morgan fingerprint density at radius 3 is 2.80 bits per heavy atom. The summed E-state index contributed by atoms with van der Waals surface area (Å²) >= 11 is 6.55. The number of pyridine rings is 1. The predicted octanol–water partition coefficient (Wildman–Crippen LogP) is 3.90. The number of aliphatic hydroxyl groups excluding tert-OH is 1. The molecule has 2 aromatic carbocycles. The number of imidazole rings is 1. The molecule has 40 heavy (non-hydrogen) atoms. The highest BCUT2D eigenvalue weighted by molar-refractivity contribution is 6.36. The fraction of sp³-hybridized carbons (Fsp3) is 0.310. The molecule has 3 atom stereocenters. The van der Waals surface area contributed by atoms with Gasteiger partial charge >= 0.3 is 6.01 Å². The summed E-state index contributed by atoms with van der Waals surface area (Å²) in [4.78, 5) is 20.2. The monoisotopic (exact) mass is 559 g/mol. The summed E-state index contributed by atoms with van der Waals surface area (Å²) in [6, 6.07) is 11.3. The molecular formula is C29H27ClFN7O2. The van der Waals surface area contributed by atoms with E-state index in [9.17, 15) is 5.11 Å². The highest BCUT2D eigenvalue weighted by Gasteiger charge is 2.40. The van der Waals surface area contributed by atoms with Crippen LogP contribution >= 0.6 is 11.6 Å². The zero-order valence-electron chi connectivity index (χ0n) is 21.8. The maximum atomic E-state index is 16.4. The summed E-state index contributed by atoms with van der Waals surface area (Å²) in [5, 5.41) is 16.5. The van der Waals surface area contributed by atoms with Crippen LogP contribution in [0.15, 0.2) is 55.0 Å². The molecule has 3 aromatic heterocycles. The normalized spacial score (nSPS) is 20.5. The molecule has 2 saturated heterocycles. The van der Waals surface area contributed by atoms with Crippen LogP contribution in [0.2, 0.25) is 5.02 Å². The van der Waals surface area contributed by atoms with Crippen molar-refractivity contribution in [1.29, 1.82) is 0 Å². The third-order valence-electron chi connectivity index (χ3n) is 7.83. The number of fused-ring (bicyclic) bond motifs is 4. The Bertz CT molecular complexity index is 1740. The Kier molecular flexibility index (Phi) is 6.25. The largest absolute Gasteiger partial charge is 0.463 e. The van der Waals surface area contributed by atoms with Crippen LogP contribution in [0.5, 0.6) is 6.01 Å². The van der Waals surface area contributed by atoms with Crippen molar-refractivity contribution in [2.24, 2.45) is 7.05 Å². The SMILES string of the molecule is Cn1ccnc1CCOc1nc(N2C[C@H]3C[C@@H](O)[C@@H](C2)N3)c2cnc(-c3cccc4cccc(Cl)c34)c(F)c2n1. The lowest BCUT2D eigenvalue weighted by molar-refractivity contribution is 0.163. The molecule has 2 N–H and O–H groups in total. The summed E-state index contributed by atoms with van der Waals surface area (Å²) < 4.78 is 24.3. The van der Waals surface area contributed by atoms with Crippen LogP contribution in [0.1, 0.15) is 12.2 Å². The number of hydrogen-bond acceptors (Lipinski definition) is 8. The summed E-state index contributed by atoms with van der Waals surface area (Å²) in [6.07, 6.45) is 6.00. The van der Waals surface area contributed by atoms with E-state index in [1.807, 2.05) is 48.1 Å². The van der Waals surface area contributed by atoms with Gasteiger partial charge in [0.25, 0.3) is 0 Å². The number of anilines is 1. The van der Waals surface area contributed by atoms with E-state index in [-0.39, 0.29) is 35.9 Å². The second-order valence-corrected chi connectivity index (χ2v) is 10.8. The maximum Gasteiger partial charge on any atom is 0.319 e. The minimum absolute atomic E-state index is 0.0788. The van der Waals surface area contributed by atoms with Crippen molar-refractivity contribution in [3.8, 4) is 17.3 Å². The first kappa shape index (κ1) is 25.1. The average molecular weight is 560 g/mol. The number of rotatable bonds is 6. The molecule has 5 aromatic rings. The Morgan fingerprint density at radius 1 is 1.15 bits per heavy atom. The quantitative estimate of drug-likeness (QED) is 0.323. The summed E-state index contributed by atoms with van der Waals surface area (Å²) in [5.41, 5.74) is 0.867. The van der Waals surface area contributed by atoms with Crippen molar-refractivity contribution in [2.75, 3.05) is 24.6 Å². The van der Waals surface area contributed by atoms with Gasteiger partial charge in [0, 0.05) is 67.2 Å². The Hall–Kier alpha value is -3.86. The number of piperazine rings is 1. The molecule has 2 aliphatic heterocycles. The van der Waals surface area contributed by atoms with Gasteiger partial charge in [-0.05, 0) is 17.9 Å². The van der Waals surface area contributed by atoms with E-state index in [1.165, 1.54) is 0 Å². The number of aromatic nitrogens is 5. The highest BCUT2D eigenvalue weighted by atomic mass is 35.5. The second kappa shape index (κ2) is 9.96. The molecule has 0 saturated carbocycles. The van der Waals surface area contributed by atoms with Crippen LogP contribution in [0, 0.1) is 5.82 Å². The summed E-state index contributed by atoms with van der Waals surface area (Å²) in [5.74, 6) is 0.830. The van der Waals surface area contributed by atoms with Gasteiger partial charge in [0.2, 0.25) is 0 Å². The van der Waals surface area contributed by atoms with E-state index in [1.54, 1.807) is 18.5 Å². The molecule has 11 heteroatoms. The zero-order chi connectivity index (χ0) is 27.4. The molecule has 9 nitrogen and oxygen atoms in total. The first-order chi connectivity index (χ1) is 19.5. The molecule has 0 unspecified atom stereocenters. The number of aryl methyl sites for hydroxylation is 1. The van der Waals surface area contributed by atoms with Gasteiger partial charge in [-0.3, -0.25) is 4.98 Å². The third kappa shape index (κ3) is 4.32. The van der Waals surface area contributed by atoms with Crippen LogP contribution in [0.3, 0.4) is 0 Å². The van der Waals surface area contributed by atoms with Crippen LogP contribution in [0.4, 0.5) is 10.2 Å². The molecule has 5 heterocycles. The molecule has 7 rings (SSSR count). The lowest BCUT2D eigenvalue weighted by atomic mass is 10.0. The molecular weight excluding hydrogens is 533 g/mol. The van der Waals surface area contributed by atoms with Crippen molar-refractivity contribution in [2.45, 2.75) is 31.0 Å². The molecule has 0 aliphatic carbocycles. The van der Waals surface area contributed by atoms with Crippen LogP contribution in [0.25, 0.3) is 32.9 Å². The average Bonchev–Trinajstić information content (AvgIpc) is 3.48. The smallest absolute Gasteiger partial charge is 0.319 e. The maximum absolute atomic E-state index is 16.4. The first-order valence-electron chi connectivity index (χ1n) is 13.3. The Labute approximate surface area is 234 Å². The number of nitrogens with zero attached hydrogens (tertiary/aromatic N) is 6. The lowest BCUT2D eigenvalue weighted by Gasteiger charge is -2.34. The molecule has 2 bridgehead atoms. The predicted molar refractivity (Wildman–Crippen MR) is 151 cm³/mol. The van der Waals surface area contributed by atoms with Gasteiger partial charge in [-0.25, -0.2) is 9.37 Å². The number of aliphatic hydroxyl groups is 1. The summed E-state index contributed by atoms with van der Waals surface area (Å²) in [6.45, 7) is 1.42. The van der Waals surface area contributed by atoms with Crippen LogP contribution < -0.4 is 15.0 Å². The zero-order valence-corrected chi connectivity index (χ0v) is 22.5. The molecule has 204 valence electrons. The number of nitrogens with one attached hydrogen (secondary N) is 1. The van der Waals surface area contributed by atoms with Crippen LogP contribution in [-0.4, -0.2) is 67.5 Å². The van der Waals surface area contributed by atoms with Crippen molar-refractivity contribution in [3.63, 3.8) is 0 Å². The van der Waals surface area contributed by atoms with E-state index in [4.69, 9.17) is 21.3 Å². The second-order valence-electron chi connectivity index (χ2n) is 10.4. The first-order valence-corrected chi connectivity index (χ1v) is 13.7. The highest BCUT2D eigenvalue weighted by Crippen LogP contribution is 2.38. The molecule has 2 fully saturated rings. The van der Waals surface area contributed by atoms with E-state index >= 15 is 4.39 Å². The van der Waals surface area contributed by atoms with Gasteiger partial charge in [-0.15, -0.1) is 0 Å². The minimum Gasteiger partial charge on any atom is -0.463 e. The van der Waals surface area contributed by atoms with E-state index < -0.39 is 11.9 Å². The third-order valence-corrected chi connectivity index (χ3v) is 8.14. The number of halogens is 2. The topological polar surface area (TPSA) is 101 Å². The molecule has 0 amide bonds. The molecule has 2 aliphatic rings. The Balaban J connectivity index is 1.33. The molecule has 0 radical (unpaired) electrons. The standard InChI is InChI=1S/C29H27ClFN7O2/c1-37-10-9-32-23(37)8-11-40-29-35-27-19(28(36-29)38-14-17-12-22(39)21(15-38)34-17)13-33-26(25(27)31)18-6-2-4-16-5-3-7-20(30)24(16)18/h2-7,9-10,13,17,21-22,34,39H,8,11-12,14-15H2,1H3/t17-,21-,22-/m1/s1. The van der Waals surface area contributed by atoms with Gasteiger partial charge in [0.1, 0.15) is 22.9 Å². The van der Waals surface area contributed by atoms with E-state index in [0.717, 1.165) is 16.6 Å². The number of benzene rings is 2. The molecule has 0 spiro atoms. The van der Waals surface area contributed by atoms with Crippen molar-refractivity contribution in [3.05, 3.63) is 71.7 Å². The number of ether oxygens (including phenoxy) is 1. The van der Waals surface area contributed by atoms with Crippen LogP contribution in [-0.2, 0) is 13.5 Å². The Morgan fingerprint density at radius 2 is 2.00 bits per heavy atom. The van der Waals surface area contributed by atoms with Crippen molar-refractivity contribution in [1.82, 2.24) is 29.8 Å². The lowest BCUT2D eigenvalue weighted by Crippen LogP contribution is -2.53. The van der Waals surface area contributed by atoms with Gasteiger partial charge in [-0.2, -0.15) is 9.97 Å². The van der Waals surface area contributed by atoms with Crippen molar-refractivity contribution < 1.29 is 14.2 Å². The summed E-state index contributed by atoms with van der Waals surface area (Å²) in [7, 11) is 1.92.